The maximum absolute atomic E-state index is 12.2. The average Bonchev–Trinajstić information content (AvgIpc) is 2.39. The summed E-state index contributed by atoms with van der Waals surface area (Å²) in [5, 5.41) is 19.8. The maximum atomic E-state index is 12.2. The van der Waals surface area contributed by atoms with Gasteiger partial charge in [-0.3, -0.25) is 14.9 Å². The molecule has 0 spiro atoms. The summed E-state index contributed by atoms with van der Waals surface area (Å²) < 4.78 is 33.1. The molecule has 0 aliphatic carbocycles. The van der Waals surface area contributed by atoms with Crippen LogP contribution in [-0.4, -0.2) is 24.1 Å². The molecule has 0 unspecified atom stereocenters. The Hall–Kier alpha value is -2.76. The number of nitro benzene ring substituents is 1. The fourth-order valence-corrected chi connectivity index (χ4v) is 1.56. The van der Waals surface area contributed by atoms with E-state index < -0.39 is 28.9 Å². The number of nitriles is 1. The van der Waals surface area contributed by atoms with Crippen LogP contribution in [0, 0.1) is 21.4 Å². The number of benzene rings is 1. The zero-order valence-corrected chi connectivity index (χ0v) is 10.8. The molecule has 21 heavy (non-hydrogen) atoms. The number of hydrogen-bond acceptors (Lipinski definition) is 6. The van der Waals surface area contributed by atoms with Crippen LogP contribution >= 0.6 is 0 Å². The Kier molecular flexibility index (Phi) is 5.54. The Morgan fingerprint density at radius 1 is 1.52 bits per heavy atom. The van der Waals surface area contributed by atoms with Crippen LogP contribution in [0.5, 0.6) is 5.75 Å². The van der Waals surface area contributed by atoms with Gasteiger partial charge in [0.05, 0.1) is 29.6 Å². The van der Waals surface area contributed by atoms with E-state index in [1.54, 1.807) is 13.0 Å². The SMILES string of the molecule is CCOC(=O)Cc1cc([N+](=O)[O-])c(OC(F)F)cc1C#N. The van der Waals surface area contributed by atoms with E-state index in [-0.39, 0.29) is 24.2 Å². The Morgan fingerprint density at radius 3 is 2.67 bits per heavy atom. The molecule has 0 aliphatic rings. The van der Waals surface area contributed by atoms with Crippen LogP contribution in [0.25, 0.3) is 0 Å². The van der Waals surface area contributed by atoms with E-state index in [1.807, 2.05) is 0 Å². The first-order valence-corrected chi connectivity index (χ1v) is 5.70. The third-order valence-corrected chi connectivity index (χ3v) is 2.36. The van der Waals surface area contributed by atoms with Crippen LogP contribution in [-0.2, 0) is 16.0 Å². The number of hydrogen-bond donors (Lipinski definition) is 0. The molecule has 0 bridgehead atoms. The minimum Gasteiger partial charge on any atom is -0.466 e. The number of alkyl halides is 2. The zero-order valence-electron chi connectivity index (χ0n) is 10.8. The van der Waals surface area contributed by atoms with Gasteiger partial charge in [0.25, 0.3) is 0 Å². The lowest BCUT2D eigenvalue weighted by molar-refractivity contribution is -0.386. The molecular formula is C12H10F2N2O5. The van der Waals surface area contributed by atoms with Crippen LogP contribution in [0.1, 0.15) is 18.1 Å². The summed E-state index contributed by atoms with van der Waals surface area (Å²) in [6.45, 7) is -1.59. The molecule has 0 N–H and O–H groups in total. The van der Waals surface area contributed by atoms with Crippen molar-refractivity contribution in [2.45, 2.75) is 20.0 Å². The normalized spacial score (nSPS) is 10.0. The highest BCUT2D eigenvalue weighted by Gasteiger charge is 2.23. The maximum Gasteiger partial charge on any atom is 0.387 e. The quantitative estimate of drug-likeness (QED) is 0.453. The van der Waals surface area contributed by atoms with Crippen molar-refractivity contribution in [3.8, 4) is 11.8 Å². The summed E-state index contributed by atoms with van der Waals surface area (Å²) in [6.07, 6.45) is -0.382. The summed E-state index contributed by atoms with van der Waals surface area (Å²) >= 11 is 0. The van der Waals surface area contributed by atoms with Gasteiger partial charge in [-0.1, -0.05) is 0 Å². The second-order valence-electron chi connectivity index (χ2n) is 3.71. The van der Waals surface area contributed by atoms with Gasteiger partial charge in [0.2, 0.25) is 5.75 Å². The summed E-state index contributed by atoms with van der Waals surface area (Å²) in [6, 6.07) is 3.33. The van der Waals surface area contributed by atoms with Gasteiger partial charge in [-0.25, -0.2) is 0 Å². The van der Waals surface area contributed by atoms with E-state index in [9.17, 15) is 23.7 Å². The van der Waals surface area contributed by atoms with Gasteiger partial charge in [-0.05, 0) is 12.5 Å². The number of nitro groups is 1. The first kappa shape index (κ1) is 16.3. The fraction of sp³-hybridized carbons (Fsp3) is 0.333. The van der Waals surface area contributed by atoms with E-state index in [1.165, 1.54) is 0 Å². The first-order valence-electron chi connectivity index (χ1n) is 5.70. The van der Waals surface area contributed by atoms with Gasteiger partial charge < -0.3 is 9.47 Å². The largest absolute Gasteiger partial charge is 0.466 e. The smallest absolute Gasteiger partial charge is 0.387 e. The van der Waals surface area contributed by atoms with Crippen LogP contribution in [0.4, 0.5) is 14.5 Å². The van der Waals surface area contributed by atoms with Gasteiger partial charge in [0, 0.05) is 12.1 Å². The second kappa shape index (κ2) is 7.14. The number of nitrogens with zero attached hydrogens (tertiary/aromatic N) is 2. The van der Waals surface area contributed by atoms with Gasteiger partial charge in [0.15, 0.2) is 0 Å². The van der Waals surface area contributed by atoms with Crippen molar-refractivity contribution in [2.75, 3.05) is 6.61 Å². The van der Waals surface area contributed by atoms with Crippen molar-refractivity contribution in [1.29, 1.82) is 5.26 Å². The first-order chi connectivity index (χ1) is 9.88. The second-order valence-corrected chi connectivity index (χ2v) is 3.71. The van der Waals surface area contributed by atoms with Crippen molar-refractivity contribution in [1.82, 2.24) is 0 Å². The number of ether oxygens (including phenoxy) is 2. The van der Waals surface area contributed by atoms with Crippen molar-refractivity contribution >= 4 is 11.7 Å². The predicted octanol–water partition coefficient (Wildman–Crippen LogP) is 2.17. The van der Waals surface area contributed by atoms with Gasteiger partial charge in [-0.2, -0.15) is 14.0 Å². The number of carbonyl (C=O) groups is 1. The van der Waals surface area contributed by atoms with Gasteiger partial charge >= 0.3 is 18.3 Å². The van der Waals surface area contributed by atoms with Crippen molar-refractivity contribution in [3.63, 3.8) is 0 Å². The molecule has 0 amide bonds. The number of esters is 1. The summed E-state index contributed by atoms with van der Waals surface area (Å²) in [4.78, 5) is 21.3. The number of rotatable bonds is 6. The highest BCUT2D eigenvalue weighted by Crippen LogP contribution is 2.32. The highest BCUT2D eigenvalue weighted by atomic mass is 19.3. The van der Waals surface area contributed by atoms with E-state index >= 15 is 0 Å². The molecule has 1 aromatic rings. The summed E-state index contributed by atoms with van der Waals surface area (Å²) in [7, 11) is 0. The summed E-state index contributed by atoms with van der Waals surface area (Å²) in [5.41, 5.74) is -0.929. The lowest BCUT2D eigenvalue weighted by Crippen LogP contribution is -2.10. The van der Waals surface area contributed by atoms with Crippen molar-refractivity contribution < 1.29 is 28.0 Å². The Labute approximate surface area is 117 Å². The van der Waals surface area contributed by atoms with Crippen LogP contribution in [0.15, 0.2) is 12.1 Å². The van der Waals surface area contributed by atoms with E-state index in [0.717, 1.165) is 12.1 Å². The lowest BCUT2D eigenvalue weighted by Gasteiger charge is -2.09. The monoisotopic (exact) mass is 300 g/mol. The molecule has 0 heterocycles. The molecular weight excluding hydrogens is 290 g/mol. The topological polar surface area (TPSA) is 102 Å². The van der Waals surface area contributed by atoms with E-state index in [0.29, 0.717) is 0 Å². The molecule has 1 aromatic carbocycles. The predicted molar refractivity (Wildman–Crippen MR) is 64.8 cm³/mol. The fourth-order valence-electron chi connectivity index (χ4n) is 1.56. The van der Waals surface area contributed by atoms with E-state index in [4.69, 9.17) is 5.26 Å². The molecule has 0 saturated heterocycles. The molecule has 7 nitrogen and oxygen atoms in total. The highest BCUT2D eigenvalue weighted by molar-refractivity contribution is 5.74. The molecule has 9 heteroatoms. The standard InChI is InChI=1S/C12H10F2N2O5/c1-2-20-11(17)5-7-3-9(16(18)19)10(21-12(13)14)4-8(7)6-15/h3-4,12H,2,5H2,1H3. The summed E-state index contributed by atoms with van der Waals surface area (Å²) in [5.74, 6) is -1.43. The van der Waals surface area contributed by atoms with Crippen molar-refractivity contribution in [3.05, 3.63) is 33.4 Å². The molecule has 0 radical (unpaired) electrons. The minimum absolute atomic E-state index is 0.00395. The van der Waals surface area contributed by atoms with Crippen LogP contribution in [0.3, 0.4) is 0 Å². The average molecular weight is 300 g/mol. The third kappa shape index (κ3) is 4.38. The van der Waals surface area contributed by atoms with Crippen LogP contribution in [0.2, 0.25) is 0 Å². The van der Waals surface area contributed by atoms with Crippen LogP contribution < -0.4 is 4.74 Å². The lowest BCUT2D eigenvalue weighted by atomic mass is 10.0. The zero-order chi connectivity index (χ0) is 16.0. The van der Waals surface area contributed by atoms with Gasteiger partial charge in [-0.15, -0.1) is 0 Å². The number of halogens is 2. The Bertz CT molecular complexity index is 598. The van der Waals surface area contributed by atoms with Gasteiger partial charge in [0.1, 0.15) is 0 Å². The molecule has 112 valence electrons. The molecule has 0 atom stereocenters. The van der Waals surface area contributed by atoms with E-state index in [2.05, 4.69) is 9.47 Å². The Balaban J connectivity index is 3.26. The third-order valence-electron chi connectivity index (χ3n) is 2.36. The molecule has 0 aliphatic heterocycles. The molecule has 0 aromatic heterocycles. The molecule has 0 fully saturated rings. The van der Waals surface area contributed by atoms with Crippen molar-refractivity contribution in [2.24, 2.45) is 0 Å². The Morgan fingerprint density at radius 2 is 2.19 bits per heavy atom. The molecule has 1 rings (SSSR count). The number of carbonyl (C=O) groups excluding carboxylic acids is 1. The minimum atomic E-state index is -3.27. The molecule has 0 saturated carbocycles.